The highest BCUT2D eigenvalue weighted by Gasteiger charge is 2.64. The average Bonchev–Trinajstić information content (AvgIpc) is 3.01. The fourth-order valence-electron chi connectivity index (χ4n) is 4.83. The van der Waals surface area contributed by atoms with Gasteiger partial charge in [-0.05, 0) is 82.1 Å². The van der Waals surface area contributed by atoms with E-state index >= 15 is 0 Å². The maximum absolute atomic E-state index is 13.0. The first kappa shape index (κ1) is 45.5. The maximum atomic E-state index is 13.0. The van der Waals surface area contributed by atoms with Gasteiger partial charge in [-0.15, -0.1) is 0 Å². The van der Waals surface area contributed by atoms with Crippen LogP contribution in [-0.2, 0) is 66.4 Å². The Morgan fingerprint density at radius 2 is 0.511 bits per heavy atom. The molecule has 0 heterocycles. The van der Waals surface area contributed by atoms with Crippen molar-refractivity contribution in [2.24, 2.45) is 0 Å². The molecule has 0 bridgehead atoms. The van der Waals surface area contributed by atoms with E-state index in [0.29, 0.717) is 12.8 Å². The van der Waals surface area contributed by atoms with Gasteiger partial charge in [0.1, 0.15) is 0 Å². The van der Waals surface area contributed by atoms with E-state index in [-0.39, 0.29) is 78.9 Å². The Balaban J connectivity index is 5.30. The summed E-state index contributed by atoms with van der Waals surface area (Å²) in [6.45, 7) is 19.3. The third-order valence-electron chi connectivity index (χ3n) is 6.35. The van der Waals surface area contributed by atoms with Gasteiger partial charge in [-0.3, -0.25) is 9.59 Å². The van der Waals surface area contributed by atoms with Crippen molar-refractivity contribution in [1.82, 2.24) is 0 Å². The Morgan fingerprint density at radius 1 is 0.319 bits per heavy atom. The summed E-state index contributed by atoms with van der Waals surface area (Å²) < 4.78 is 70.0. The van der Waals surface area contributed by atoms with Crippen LogP contribution in [0.2, 0.25) is 0 Å². The molecular formula is C33H64O14. The van der Waals surface area contributed by atoms with E-state index < -0.39 is 35.8 Å². The van der Waals surface area contributed by atoms with Gasteiger partial charge in [0.15, 0.2) is 0 Å². The van der Waals surface area contributed by atoms with Gasteiger partial charge >= 0.3 is 35.8 Å². The molecule has 0 N–H and O–H groups in total. The topological polar surface area (TPSA) is 145 Å². The van der Waals surface area contributed by atoms with Crippen molar-refractivity contribution in [3.63, 3.8) is 0 Å². The highest BCUT2D eigenvalue weighted by molar-refractivity contribution is 5.70. The first-order valence-corrected chi connectivity index (χ1v) is 17.4. The standard InChI is InChI=1S/C33H64O14/c1-11-36-30(37-12-2,38-13-3)32(42-17-7,43-18-8)46-28(34)26-24-22-21-23-25-27-29(35)47-33(44-19-9,45-20-10)31(39-14-4,40-15-5)41-16-6/h11-27H2,1-10H3. The fourth-order valence-corrected chi connectivity index (χ4v) is 4.83. The largest absolute Gasteiger partial charge is 0.416 e. The normalized spacial score (nSPS) is 12.8. The van der Waals surface area contributed by atoms with Crippen molar-refractivity contribution in [1.29, 1.82) is 0 Å². The van der Waals surface area contributed by atoms with Crippen molar-refractivity contribution in [3.8, 4) is 0 Å². The first-order chi connectivity index (χ1) is 22.6. The molecule has 0 aliphatic carbocycles. The van der Waals surface area contributed by atoms with Crippen molar-refractivity contribution in [2.45, 2.75) is 138 Å². The van der Waals surface area contributed by atoms with Gasteiger partial charge in [0, 0.05) is 52.5 Å². The van der Waals surface area contributed by atoms with Gasteiger partial charge in [-0.25, -0.2) is 0 Å². The van der Waals surface area contributed by atoms with E-state index in [4.69, 9.17) is 56.8 Å². The summed E-state index contributed by atoms with van der Waals surface area (Å²) in [6, 6.07) is 0. The smallest absolute Gasteiger partial charge is 0.401 e. The third kappa shape index (κ3) is 13.8. The summed E-state index contributed by atoms with van der Waals surface area (Å²) in [4.78, 5) is 26.1. The third-order valence-corrected chi connectivity index (χ3v) is 6.35. The minimum Gasteiger partial charge on any atom is -0.401 e. The maximum Gasteiger partial charge on any atom is 0.416 e. The molecule has 0 radical (unpaired) electrons. The molecule has 0 saturated carbocycles. The molecule has 14 heteroatoms. The van der Waals surface area contributed by atoms with Gasteiger partial charge in [0.05, 0.1) is 26.4 Å². The Bertz CT molecular complexity index is 698. The van der Waals surface area contributed by atoms with Crippen LogP contribution in [0.15, 0.2) is 0 Å². The summed E-state index contributed by atoms with van der Waals surface area (Å²) in [5, 5.41) is 0. The molecule has 280 valence electrons. The van der Waals surface area contributed by atoms with Gasteiger partial charge in [0.2, 0.25) is 0 Å². The van der Waals surface area contributed by atoms with Crippen LogP contribution >= 0.6 is 0 Å². The quantitative estimate of drug-likeness (QED) is 0.0479. The molecule has 0 aliphatic rings. The first-order valence-electron chi connectivity index (χ1n) is 17.4. The van der Waals surface area contributed by atoms with Gasteiger partial charge in [-0.1, -0.05) is 19.3 Å². The predicted octanol–water partition coefficient (Wildman–Crippen LogP) is 5.78. The molecule has 0 spiro atoms. The molecular weight excluding hydrogens is 620 g/mol. The van der Waals surface area contributed by atoms with E-state index in [1.165, 1.54) is 0 Å². The number of hydrogen-bond donors (Lipinski definition) is 0. The van der Waals surface area contributed by atoms with Crippen LogP contribution in [-0.4, -0.2) is 102 Å². The Morgan fingerprint density at radius 3 is 0.723 bits per heavy atom. The molecule has 0 aromatic heterocycles. The van der Waals surface area contributed by atoms with Crippen LogP contribution in [0.3, 0.4) is 0 Å². The number of carbonyl (C=O) groups excluding carboxylic acids is 2. The van der Waals surface area contributed by atoms with E-state index in [0.717, 1.165) is 19.3 Å². The number of rotatable bonds is 32. The van der Waals surface area contributed by atoms with Gasteiger partial charge in [-0.2, -0.15) is 0 Å². The number of ether oxygens (including phenoxy) is 12. The van der Waals surface area contributed by atoms with Crippen molar-refractivity contribution >= 4 is 11.9 Å². The summed E-state index contributed by atoms with van der Waals surface area (Å²) in [7, 11) is 0. The molecule has 0 unspecified atom stereocenters. The molecule has 0 rings (SSSR count). The zero-order valence-electron chi connectivity index (χ0n) is 30.7. The summed E-state index contributed by atoms with van der Waals surface area (Å²) in [6.07, 6.45) is 3.50. The Labute approximate surface area is 282 Å². The molecule has 0 atom stereocenters. The highest BCUT2D eigenvalue weighted by Crippen LogP contribution is 2.38. The van der Waals surface area contributed by atoms with Crippen LogP contribution < -0.4 is 0 Å². The zero-order chi connectivity index (χ0) is 35.7. The van der Waals surface area contributed by atoms with Crippen LogP contribution in [0.1, 0.15) is 114 Å². The van der Waals surface area contributed by atoms with E-state index in [1.54, 1.807) is 69.2 Å². The van der Waals surface area contributed by atoms with Crippen molar-refractivity contribution in [2.75, 3.05) is 66.1 Å². The SMILES string of the molecule is CCOC(OCC)(OCC)C(OCC)(OCC)OC(=O)CCCCCCCC(=O)OC(OCC)(OCC)C(OCC)(OCC)OCC. The predicted molar refractivity (Wildman–Crippen MR) is 172 cm³/mol. The van der Waals surface area contributed by atoms with Crippen LogP contribution in [0.5, 0.6) is 0 Å². The molecule has 0 fully saturated rings. The average molecular weight is 685 g/mol. The van der Waals surface area contributed by atoms with E-state index in [2.05, 4.69) is 0 Å². The number of carbonyl (C=O) groups is 2. The highest BCUT2D eigenvalue weighted by atomic mass is 17.0. The Hall–Kier alpha value is -1.46. The van der Waals surface area contributed by atoms with Crippen molar-refractivity contribution in [3.05, 3.63) is 0 Å². The lowest BCUT2D eigenvalue weighted by Gasteiger charge is -2.44. The summed E-state index contributed by atoms with van der Waals surface area (Å²) in [5.74, 6) is -9.03. The second kappa shape index (κ2) is 25.5. The molecule has 14 nitrogen and oxygen atoms in total. The lowest BCUT2D eigenvalue weighted by molar-refractivity contribution is -0.549. The molecule has 0 saturated heterocycles. The minimum atomic E-state index is -2.06. The van der Waals surface area contributed by atoms with Gasteiger partial charge < -0.3 is 56.8 Å². The fraction of sp³-hybridized carbons (Fsp3) is 0.939. The number of esters is 2. The number of unbranched alkanes of at least 4 members (excludes halogenated alkanes) is 4. The van der Waals surface area contributed by atoms with E-state index in [9.17, 15) is 9.59 Å². The zero-order valence-corrected chi connectivity index (χ0v) is 30.7. The van der Waals surface area contributed by atoms with Crippen LogP contribution in [0.4, 0.5) is 0 Å². The molecule has 0 amide bonds. The van der Waals surface area contributed by atoms with E-state index in [1.807, 2.05) is 0 Å². The lowest BCUT2D eigenvalue weighted by Crippen LogP contribution is -2.64. The second-order valence-electron chi connectivity index (χ2n) is 9.77. The summed E-state index contributed by atoms with van der Waals surface area (Å²) >= 11 is 0. The van der Waals surface area contributed by atoms with Gasteiger partial charge in [0.25, 0.3) is 0 Å². The lowest BCUT2D eigenvalue weighted by atomic mass is 10.1. The Kier molecular flexibility index (Phi) is 24.7. The minimum absolute atomic E-state index is 0.101. The monoisotopic (exact) mass is 684 g/mol. The molecule has 0 aromatic carbocycles. The molecule has 0 aliphatic heterocycles. The summed E-state index contributed by atoms with van der Waals surface area (Å²) in [5.41, 5.74) is 0. The van der Waals surface area contributed by atoms with Crippen LogP contribution in [0, 0.1) is 0 Å². The second-order valence-corrected chi connectivity index (χ2v) is 9.77. The number of hydrogen-bond acceptors (Lipinski definition) is 14. The van der Waals surface area contributed by atoms with Crippen molar-refractivity contribution < 1.29 is 66.4 Å². The molecule has 47 heavy (non-hydrogen) atoms. The molecule has 0 aromatic rings. The van der Waals surface area contributed by atoms with Crippen LogP contribution in [0.25, 0.3) is 0 Å².